The van der Waals surface area contributed by atoms with Crippen molar-refractivity contribution in [3.05, 3.63) is 0 Å². The Kier molecular flexibility index (Phi) is 4.17. The van der Waals surface area contributed by atoms with E-state index in [-0.39, 0.29) is 6.03 Å². The molecule has 1 aliphatic heterocycles. The summed E-state index contributed by atoms with van der Waals surface area (Å²) in [5.41, 5.74) is 0. The normalized spacial score (nSPS) is 25.9. The van der Waals surface area contributed by atoms with Crippen molar-refractivity contribution < 1.29 is 4.79 Å². The van der Waals surface area contributed by atoms with Gasteiger partial charge in [-0.2, -0.15) is 0 Å². The van der Waals surface area contributed by atoms with Gasteiger partial charge in [-0.15, -0.1) is 0 Å². The summed E-state index contributed by atoms with van der Waals surface area (Å²) < 4.78 is 0. The first-order valence-corrected chi connectivity index (χ1v) is 8.14. The summed E-state index contributed by atoms with van der Waals surface area (Å²) in [7, 11) is 2.17. The molecule has 3 fully saturated rings. The molecule has 1 N–H and O–H groups in total. The van der Waals surface area contributed by atoms with Crippen molar-refractivity contribution in [3.8, 4) is 0 Å². The summed E-state index contributed by atoms with van der Waals surface area (Å²) in [6, 6.07) is 2.13. The van der Waals surface area contributed by atoms with Gasteiger partial charge in [0.2, 0.25) is 0 Å². The Balaban J connectivity index is 1.36. The molecule has 20 heavy (non-hydrogen) atoms. The van der Waals surface area contributed by atoms with Gasteiger partial charge in [0, 0.05) is 50.8 Å². The zero-order valence-electron chi connectivity index (χ0n) is 12.8. The van der Waals surface area contributed by atoms with E-state index in [9.17, 15) is 4.79 Å². The number of piperazine rings is 1. The van der Waals surface area contributed by atoms with Crippen LogP contribution in [0.1, 0.15) is 32.6 Å². The van der Waals surface area contributed by atoms with E-state index < -0.39 is 0 Å². The number of amides is 2. The molecule has 1 heterocycles. The third-order valence-corrected chi connectivity index (χ3v) is 5.03. The molecule has 3 rings (SSSR count). The molecule has 1 atom stereocenters. The minimum absolute atomic E-state index is 0.122. The molecule has 5 heteroatoms. The lowest BCUT2D eigenvalue weighted by Gasteiger charge is -2.35. The van der Waals surface area contributed by atoms with Crippen molar-refractivity contribution in [1.29, 1.82) is 0 Å². The predicted octanol–water partition coefficient (Wildman–Crippen LogP) is 0.959. The zero-order valence-corrected chi connectivity index (χ0v) is 12.8. The summed E-state index contributed by atoms with van der Waals surface area (Å²) in [5, 5.41) is 3.10. The average Bonchev–Trinajstić information content (AvgIpc) is 3.34. The van der Waals surface area contributed by atoms with Gasteiger partial charge in [-0.1, -0.05) is 0 Å². The van der Waals surface area contributed by atoms with Gasteiger partial charge in [-0.05, 0) is 39.7 Å². The molecule has 2 aliphatic carbocycles. The Morgan fingerprint density at radius 3 is 2.40 bits per heavy atom. The molecular weight excluding hydrogens is 252 g/mol. The lowest BCUT2D eigenvalue weighted by atomic mass is 10.3. The SMILES string of the molecule is C[C@@H](CNC(=O)N1CCN(C2CC2)CC1)N(C)C1CC1. The number of carbonyl (C=O) groups is 1. The van der Waals surface area contributed by atoms with E-state index >= 15 is 0 Å². The highest BCUT2D eigenvalue weighted by Gasteiger charge is 2.32. The first kappa shape index (κ1) is 14.1. The molecule has 0 bridgehead atoms. The number of urea groups is 1. The fourth-order valence-electron chi connectivity index (χ4n) is 3.06. The summed E-state index contributed by atoms with van der Waals surface area (Å²) >= 11 is 0. The van der Waals surface area contributed by atoms with Gasteiger partial charge in [0.1, 0.15) is 0 Å². The maximum atomic E-state index is 12.2. The van der Waals surface area contributed by atoms with Crippen LogP contribution in [0.15, 0.2) is 0 Å². The van der Waals surface area contributed by atoms with E-state index in [1.807, 2.05) is 4.90 Å². The minimum Gasteiger partial charge on any atom is -0.336 e. The second kappa shape index (κ2) is 5.90. The van der Waals surface area contributed by atoms with Gasteiger partial charge < -0.3 is 10.2 Å². The molecular formula is C15H28N4O. The molecule has 0 aromatic heterocycles. The van der Waals surface area contributed by atoms with Crippen molar-refractivity contribution in [2.24, 2.45) is 0 Å². The third kappa shape index (κ3) is 3.44. The standard InChI is InChI=1S/C15H28N4O/c1-12(17(2)13-3-4-13)11-16-15(20)19-9-7-18(8-10-19)14-5-6-14/h12-14H,3-11H2,1-2H3,(H,16,20)/t12-/m0/s1. The molecule has 0 spiro atoms. The molecule has 0 unspecified atom stereocenters. The zero-order chi connectivity index (χ0) is 14.1. The number of nitrogens with one attached hydrogen (secondary N) is 1. The van der Waals surface area contributed by atoms with E-state index in [1.54, 1.807) is 0 Å². The Bertz CT molecular complexity index is 346. The summed E-state index contributed by atoms with van der Waals surface area (Å²) in [5.74, 6) is 0. The van der Waals surface area contributed by atoms with Crippen LogP contribution in [-0.2, 0) is 0 Å². The number of nitrogens with zero attached hydrogens (tertiary/aromatic N) is 3. The van der Waals surface area contributed by atoms with E-state index in [0.29, 0.717) is 6.04 Å². The van der Waals surface area contributed by atoms with Crippen molar-refractivity contribution in [2.45, 2.75) is 50.7 Å². The third-order valence-electron chi connectivity index (χ3n) is 5.03. The molecule has 1 saturated heterocycles. The van der Waals surface area contributed by atoms with Crippen LogP contribution in [0.25, 0.3) is 0 Å². The Morgan fingerprint density at radius 1 is 1.20 bits per heavy atom. The maximum absolute atomic E-state index is 12.2. The van der Waals surface area contributed by atoms with Crippen molar-refractivity contribution in [3.63, 3.8) is 0 Å². The quantitative estimate of drug-likeness (QED) is 0.815. The Morgan fingerprint density at radius 2 is 1.85 bits per heavy atom. The lowest BCUT2D eigenvalue weighted by molar-refractivity contribution is 0.132. The van der Waals surface area contributed by atoms with Crippen LogP contribution >= 0.6 is 0 Å². The van der Waals surface area contributed by atoms with Crippen molar-refractivity contribution in [1.82, 2.24) is 20.0 Å². The van der Waals surface area contributed by atoms with E-state index in [4.69, 9.17) is 0 Å². The van der Waals surface area contributed by atoms with Gasteiger partial charge >= 0.3 is 6.03 Å². The van der Waals surface area contributed by atoms with Gasteiger partial charge in [0.25, 0.3) is 0 Å². The number of likely N-dealkylation sites (N-methyl/N-ethyl adjacent to an activating group) is 1. The molecule has 114 valence electrons. The lowest BCUT2D eigenvalue weighted by Crippen LogP contribution is -2.53. The molecule has 0 aromatic carbocycles. The first-order chi connectivity index (χ1) is 9.65. The fourth-order valence-corrected chi connectivity index (χ4v) is 3.06. The van der Waals surface area contributed by atoms with Crippen LogP contribution in [0.3, 0.4) is 0 Å². The molecule has 5 nitrogen and oxygen atoms in total. The highest BCUT2D eigenvalue weighted by Crippen LogP contribution is 2.27. The number of hydrogen-bond acceptors (Lipinski definition) is 3. The van der Waals surface area contributed by atoms with Gasteiger partial charge in [0.15, 0.2) is 0 Å². The smallest absolute Gasteiger partial charge is 0.317 e. The fraction of sp³-hybridized carbons (Fsp3) is 0.933. The average molecular weight is 280 g/mol. The number of rotatable bonds is 5. The molecule has 0 aromatic rings. The molecule has 2 amide bonds. The van der Waals surface area contributed by atoms with E-state index in [1.165, 1.54) is 25.7 Å². The summed E-state index contributed by atoms with van der Waals surface area (Å²) in [6.45, 7) is 6.83. The maximum Gasteiger partial charge on any atom is 0.317 e. The van der Waals surface area contributed by atoms with Crippen LogP contribution in [0, 0.1) is 0 Å². The first-order valence-electron chi connectivity index (χ1n) is 8.14. The predicted molar refractivity (Wildman–Crippen MR) is 79.8 cm³/mol. The molecule has 0 radical (unpaired) electrons. The van der Waals surface area contributed by atoms with E-state index in [0.717, 1.165) is 44.8 Å². The Hall–Kier alpha value is -0.810. The van der Waals surface area contributed by atoms with Crippen LogP contribution in [0.2, 0.25) is 0 Å². The molecule has 3 aliphatic rings. The Labute approximate surface area is 122 Å². The van der Waals surface area contributed by atoms with Crippen LogP contribution in [0.4, 0.5) is 4.79 Å². The van der Waals surface area contributed by atoms with Gasteiger partial charge in [-0.25, -0.2) is 4.79 Å². The monoisotopic (exact) mass is 280 g/mol. The highest BCUT2D eigenvalue weighted by atomic mass is 16.2. The summed E-state index contributed by atoms with van der Waals surface area (Å²) in [4.78, 5) is 19.1. The number of carbonyl (C=O) groups excluding carboxylic acids is 1. The topological polar surface area (TPSA) is 38.8 Å². The molecule has 2 saturated carbocycles. The van der Waals surface area contributed by atoms with Crippen LogP contribution < -0.4 is 5.32 Å². The van der Waals surface area contributed by atoms with Gasteiger partial charge in [0.05, 0.1) is 0 Å². The van der Waals surface area contributed by atoms with Crippen molar-refractivity contribution in [2.75, 3.05) is 39.8 Å². The largest absolute Gasteiger partial charge is 0.336 e. The second-order valence-corrected chi connectivity index (χ2v) is 6.69. The van der Waals surface area contributed by atoms with Crippen LogP contribution in [-0.4, -0.2) is 78.6 Å². The van der Waals surface area contributed by atoms with Crippen molar-refractivity contribution >= 4 is 6.03 Å². The highest BCUT2D eigenvalue weighted by molar-refractivity contribution is 5.74. The van der Waals surface area contributed by atoms with Gasteiger partial charge in [-0.3, -0.25) is 9.80 Å². The number of hydrogen-bond donors (Lipinski definition) is 1. The second-order valence-electron chi connectivity index (χ2n) is 6.69. The van der Waals surface area contributed by atoms with E-state index in [2.05, 4.69) is 29.1 Å². The van der Waals surface area contributed by atoms with Crippen LogP contribution in [0.5, 0.6) is 0 Å². The summed E-state index contributed by atoms with van der Waals surface area (Å²) in [6.07, 6.45) is 5.35. The minimum atomic E-state index is 0.122.